The van der Waals surface area contributed by atoms with Gasteiger partial charge < -0.3 is 10.4 Å². The first-order chi connectivity index (χ1) is 9.41. The van der Waals surface area contributed by atoms with Gasteiger partial charge in [-0.25, -0.2) is 4.39 Å². The minimum absolute atomic E-state index is 0.103. The van der Waals surface area contributed by atoms with Crippen molar-refractivity contribution in [2.45, 2.75) is 43.9 Å². The lowest BCUT2D eigenvalue weighted by molar-refractivity contribution is -0.138. The van der Waals surface area contributed by atoms with Gasteiger partial charge in [0, 0.05) is 6.04 Å². The number of hydrogen-bond donors (Lipinski definition) is 2. The molecule has 0 aromatic heterocycles. The van der Waals surface area contributed by atoms with E-state index in [-0.39, 0.29) is 11.6 Å². The molecule has 1 atom stereocenters. The SMILES string of the molecule is OCC(NC1CCCC1)c1ccc(F)cc1C(F)(F)F. The van der Waals surface area contributed by atoms with Gasteiger partial charge in [-0.2, -0.15) is 13.2 Å². The molecule has 2 rings (SSSR count). The van der Waals surface area contributed by atoms with Crippen molar-refractivity contribution < 1.29 is 22.7 Å². The number of nitrogens with one attached hydrogen (secondary N) is 1. The van der Waals surface area contributed by atoms with Crippen molar-refractivity contribution in [1.82, 2.24) is 5.32 Å². The van der Waals surface area contributed by atoms with Crippen molar-refractivity contribution in [1.29, 1.82) is 0 Å². The van der Waals surface area contributed by atoms with Crippen LogP contribution in [0.2, 0.25) is 0 Å². The highest BCUT2D eigenvalue weighted by atomic mass is 19.4. The zero-order valence-electron chi connectivity index (χ0n) is 10.9. The van der Waals surface area contributed by atoms with Gasteiger partial charge in [0.1, 0.15) is 5.82 Å². The molecule has 2 nitrogen and oxygen atoms in total. The molecular formula is C14H17F4NO. The number of alkyl halides is 3. The van der Waals surface area contributed by atoms with Crippen molar-refractivity contribution >= 4 is 0 Å². The van der Waals surface area contributed by atoms with Crippen LogP contribution in [0.4, 0.5) is 17.6 Å². The summed E-state index contributed by atoms with van der Waals surface area (Å²) in [6.45, 7) is -0.453. The molecule has 1 unspecified atom stereocenters. The molecule has 0 saturated heterocycles. The smallest absolute Gasteiger partial charge is 0.394 e. The van der Waals surface area contributed by atoms with Crippen molar-refractivity contribution in [3.05, 3.63) is 35.1 Å². The van der Waals surface area contributed by atoms with Gasteiger partial charge in [0.25, 0.3) is 0 Å². The van der Waals surface area contributed by atoms with E-state index in [0.717, 1.165) is 37.8 Å². The fraction of sp³-hybridized carbons (Fsp3) is 0.571. The summed E-state index contributed by atoms with van der Waals surface area (Å²) in [6, 6.07) is 1.85. The van der Waals surface area contributed by atoms with E-state index in [1.54, 1.807) is 0 Å². The third kappa shape index (κ3) is 3.49. The monoisotopic (exact) mass is 291 g/mol. The molecule has 112 valence electrons. The van der Waals surface area contributed by atoms with E-state index in [1.807, 2.05) is 0 Å². The Hall–Kier alpha value is -1.14. The van der Waals surface area contributed by atoms with Crippen LogP contribution in [-0.4, -0.2) is 17.8 Å². The van der Waals surface area contributed by atoms with Crippen LogP contribution in [0, 0.1) is 5.82 Å². The Bertz CT molecular complexity index is 455. The van der Waals surface area contributed by atoms with Gasteiger partial charge in [-0.3, -0.25) is 0 Å². The molecule has 20 heavy (non-hydrogen) atoms. The molecule has 1 aliphatic rings. The first kappa shape index (κ1) is 15.3. The highest BCUT2D eigenvalue weighted by Crippen LogP contribution is 2.35. The molecule has 6 heteroatoms. The second-order valence-electron chi connectivity index (χ2n) is 5.11. The molecule has 1 fully saturated rings. The van der Waals surface area contributed by atoms with E-state index in [4.69, 9.17) is 0 Å². The molecule has 0 spiro atoms. The first-order valence-corrected chi connectivity index (χ1v) is 6.65. The molecule has 1 aromatic rings. The lowest BCUT2D eigenvalue weighted by Gasteiger charge is -2.24. The zero-order chi connectivity index (χ0) is 14.8. The van der Waals surface area contributed by atoms with Crippen LogP contribution in [0.1, 0.15) is 42.9 Å². The van der Waals surface area contributed by atoms with Crippen LogP contribution in [0.25, 0.3) is 0 Å². The van der Waals surface area contributed by atoms with E-state index in [9.17, 15) is 22.7 Å². The highest BCUT2D eigenvalue weighted by molar-refractivity contribution is 5.33. The summed E-state index contributed by atoms with van der Waals surface area (Å²) in [7, 11) is 0. The Morgan fingerprint density at radius 1 is 1.25 bits per heavy atom. The zero-order valence-corrected chi connectivity index (χ0v) is 10.9. The summed E-state index contributed by atoms with van der Waals surface area (Å²) >= 11 is 0. The largest absolute Gasteiger partial charge is 0.416 e. The Balaban J connectivity index is 2.28. The number of aliphatic hydroxyl groups excluding tert-OH is 1. The maximum Gasteiger partial charge on any atom is 0.416 e. The topological polar surface area (TPSA) is 32.3 Å². The van der Waals surface area contributed by atoms with Gasteiger partial charge in [0.15, 0.2) is 0 Å². The van der Waals surface area contributed by atoms with Crippen LogP contribution >= 0.6 is 0 Å². The van der Waals surface area contributed by atoms with E-state index in [1.165, 1.54) is 0 Å². The Labute approximate surface area is 114 Å². The first-order valence-electron chi connectivity index (χ1n) is 6.65. The van der Waals surface area contributed by atoms with E-state index in [0.29, 0.717) is 6.07 Å². The quantitative estimate of drug-likeness (QED) is 0.833. The van der Waals surface area contributed by atoms with Crippen LogP contribution in [0.3, 0.4) is 0 Å². The van der Waals surface area contributed by atoms with Gasteiger partial charge in [-0.1, -0.05) is 18.9 Å². The summed E-state index contributed by atoms with van der Waals surface area (Å²) in [5.74, 6) is -0.932. The van der Waals surface area contributed by atoms with Crippen LogP contribution in [0.15, 0.2) is 18.2 Å². The van der Waals surface area contributed by atoms with E-state index >= 15 is 0 Å². The minimum Gasteiger partial charge on any atom is -0.394 e. The molecule has 0 amide bonds. The number of hydrogen-bond acceptors (Lipinski definition) is 2. The second kappa shape index (κ2) is 6.10. The van der Waals surface area contributed by atoms with Crippen molar-refractivity contribution in [3.63, 3.8) is 0 Å². The maximum absolute atomic E-state index is 13.1. The molecule has 0 radical (unpaired) electrons. The number of rotatable bonds is 4. The number of halogens is 4. The Morgan fingerprint density at radius 2 is 1.90 bits per heavy atom. The molecule has 0 heterocycles. The van der Waals surface area contributed by atoms with Gasteiger partial charge in [-0.05, 0) is 30.5 Å². The average molecular weight is 291 g/mol. The fourth-order valence-electron chi connectivity index (χ4n) is 2.70. The minimum atomic E-state index is -4.64. The van der Waals surface area contributed by atoms with E-state index < -0.39 is 30.2 Å². The van der Waals surface area contributed by atoms with Crippen molar-refractivity contribution in [2.75, 3.05) is 6.61 Å². The fourth-order valence-corrected chi connectivity index (χ4v) is 2.70. The Kier molecular flexibility index (Phi) is 4.65. The molecule has 0 bridgehead atoms. The number of benzene rings is 1. The molecule has 1 aliphatic carbocycles. The summed E-state index contributed by atoms with van der Waals surface area (Å²) in [6.07, 6.45) is -0.795. The second-order valence-corrected chi connectivity index (χ2v) is 5.11. The summed E-state index contributed by atoms with van der Waals surface area (Å²) in [5, 5.41) is 12.4. The predicted octanol–water partition coefficient (Wildman–Crippen LogP) is 3.41. The average Bonchev–Trinajstić information content (AvgIpc) is 2.88. The van der Waals surface area contributed by atoms with Gasteiger partial charge in [0.05, 0.1) is 18.2 Å². The third-order valence-electron chi connectivity index (χ3n) is 3.67. The van der Waals surface area contributed by atoms with Crippen LogP contribution in [0.5, 0.6) is 0 Å². The molecule has 1 aromatic carbocycles. The normalized spacial score (nSPS) is 18.4. The summed E-state index contributed by atoms with van der Waals surface area (Å²) < 4.78 is 52.0. The molecule has 2 N–H and O–H groups in total. The standard InChI is InChI=1S/C14H17F4NO/c15-9-5-6-11(12(7-9)14(16,17)18)13(8-20)19-10-3-1-2-4-10/h5-7,10,13,19-20H,1-4,8H2. The Morgan fingerprint density at radius 3 is 2.45 bits per heavy atom. The summed E-state index contributed by atoms with van der Waals surface area (Å²) in [4.78, 5) is 0. The van der Waals surface area contributed by atoms with Gasteiger partial charge in [-0.15, -0.1) is 0 Å². The molecular weight excluding hydrogens is 274 g/mol. The number of aliphatic hydroxyl groups is 1. The van der Waals surface area contributed by atoms with Crippen LogP contribution < -0.4 is 5.32 Å². The van der Waals surface area contributed by atoms with Gasteiger partial charge in [0.2, 0.25) is 0 Å². The van der Waals surface area contributed by atoms with E-state index in [2.05, 4.69) is 5.32 Å². The van der Waals surface area contributed by atoms with Crippen molar-refractivity contribution in [2.24, 2.45) is 0 Å². The molecule has 0 aliphatic heterocycles. The maximum atomic E-state index is 13.1. The summed E-state index contributed by atoms with van der Waals surface area (Å²) in [5.41, 5.74) is -1.13. The lowest BCUT2D eigenvalue weighted by atomic mass is 9.99. The highest BCUT2D eigenvalue weighted by Gasteiger charge is 2.36. The predicted molar refractivity (Wildman–Crippen MR) is 66.6 cm³/mol. The lowest BCUT2D eigenvalue weighted by Crippen LogP contribution is -2.34. The third-order valence-corrected chi connectivity index (χ3v) is 3.67. The van der Waals surface area contributed by atoms with Gasteiger partial charge >= 0.3 is 6.18 Å². The molecule has 1 saturated carbocycles. The van der Waals surface area contributed by atoms with Crippen molar-refractivity contribution in [3.8, 4) is 0 Å². The van der Waals surface area contributed by atoms with Crippen LogP contribution in [-0.2, 0) is 6.18 Å².